The molecule has 0 saturated carbocycles. The number of benzene rings is 1. The highest BCUT2D eigenvalue weighted by Crippen LogP contribution is 2.25. The minimum absolute atomic E-state index is 0.0149. The summed E-state index contributed by atoms with van der Waals surface area (Å²) in [6.07, 6.45) is 1.15. The lowest BCUT2D eigenvalue weighted by Crippen LogP contribution is -2.26. The molecule has 0 unspecified atom stereocenters. The van der Waals surface area contributed by atoms with Crippen molar-refractivity contribution in [1.82, 2.24) is 5.32 Å². The summed E-state index contributed by atoms with van der Waals surface area (Å²) in [6, 6.07) is 4.66. The molecule has 1 saturated heterocycles. The first-order valence-electron chi connectivity index (χ1n) is 6.17. The van der Waals surface area contributed by atoms with Crippen LogP contribution in [0.3, 0.4) is 0 Å². The maximum atomic E-state index is 11.5. The van der Waals surface area contributed by atoms with Gasteiger partial charge in [-0.3, -0.25) is 9.59 Å². The number of aromatic hydroxyl groups is 1. The number of hydrogen-bond donors (Lipinski definition) is 3. The zero-order valence-electron chi connectivity index (χ0n) is 11.5. The van der Waals surface area contributed by atoms with Crippen molar-refractivity contribution in [3.63, 3.8) is 0 Å². The molecule has 116 valence electrons. The molecule has 0 spiro atoms. The van der Waals surface area contributed by atoms with Crippen LogP contribution in [-0.2, 0) is 9.59 Å². The summed E-state index contributed by atoms with van der Waals surface area (Å²) < 4.78 is 4.97. The molecule has 0 aromatic heterocycles. The van der Waals surface area contributed by atoms with E-state index >= 15 is 0 Å². The fourth-order valence-corrected chi connectivity index (χ4v) is 2.58. The number of phenolic OH excluding ortho intramolecular Hbond substituents is 1. The number of carbonyl (C=O) groups excluding carboxylic acids is 1. The average Bonchev–Trinajstić information content (AvgIpc) is 2.80. The Morgan fingerprint density at radius 3 is 3.00 bits per heavy atom. The lowest BCUT2D eigenvalue weighted by molar-refractivity contribution is -0.138. The summed E-state index contributed by atoms with van der Waals surface area (Å²) >= 11 is 1.02. The van der Waals surface area contributed by atoms with Gasteiger partial charge in [0, 0.05) is 0 Å². The predicted molar refractivity (Wildman–Crippen MR) is 81.5 cm³/mol. The zero-order valence-corrected chi connectivity index (χ0v) is 12.3. The standard InChI is InChI=1S/C13H13N3O5S/c1-21-9-4-7(2-3-8(9)17)6-14-16-13-15-12(20)10(22-13)5-11(18)19/h2-4,6,10,17H,5H2,1H3,(H,18,19)(H,15,16,20)/b14-6-/t10-/m0/s1. The Labute approximate surface area is 129 Å². The van der Waals surface area contributed by atoms with Crippen LogP contribution in [0.4, 0.5) is 0 Å². The number of amidine groups is 1. The molecule has 2 rings (SSSR count). The minimum atomic E-state index is -1.05. The lowest BCUT2D eigenvalue weighted by atomic mass is 10.2. The van der Waals surface area contributed by atoms with Crippen molar-refractivity contribution in [2.24, 2.45) is 10.2 Å². The second-order valence-electron chi connectivity index (χ2n) is 4.27. The van der Waals surface area contributed by atoms with Gasteiger partial charge in [-0.05, 0) is 23.8 Å². The predicted octanol–water partition coefficient (Wildman–Crippen LogP) is 0.797. The second kappa shape index (κ2) is 6.94. The molecular weight excluding hydrogens is 310 g/mol. The quantitative estimate of drug-likeness (QED) is 0.544. The summed E-state index contributed by atoms with van der Waals surface area (Å²) in [4.78, 5) is 22.1. The van der Waals surface area contributed by atoms with Crippen LogP contribution in [0.25, 0.3) is 0 Å². The first-order valence-corrected chi connectivity index (χ1v) is 7.05. The fraction of sp³-hybridized carbons (Fsp3) is 0.231. The number of phenols is 1. The van der Waals surface area contributed by atoms with Gasteiger partial charge in [-0.25, -0.2) is 0 Å². The molecule has 1 atom stereocenters. The van der Waals surface area contributed by atoms with E-state index in [-0.39, 0.29) is 17.3 Å². The Balaban J connectivity index is 2.03. The smallest absolute Gasteiger partial charge is 0.305 e. The Bertz CT molecular complexity index is 659. The highest BCUT2D eigenvalue weighted by atomic mass is 32.2. The van der Waals surface area contributed by atoms with Gasteiger partial charge in [0.1, 0.15) is 5.25 Å². The number of nitrogens with zero attached hydrogens (tertiary/aromatic N) is 2. The normalized spacial score (nSPS) is 19.6. The summed E-state index contributed by atoms with van der Waals surface area (Å²) in [7, 11) is 1.43. The van der Waals surface area contributed by atoms with Gasteiger partial charge in [0.15, 0.2) is 16.7 Å². The number of carboxylic acid groups (broad SMARTS) is 1. The summed E-state index contributed by atoms with van der Waals surface area (Å²) in [5, 5.41) is 27.8. The maximum absolute atomic E-state index is 11.5. The molecule has 1 heterocycles. The number of methoxy groups -OCH3 is 1. The number of ether oxygens (including phenoxy) is 1. The molecule has 1 fully saturated rings. The third-order valence-corrected chi connectivity index (χ3v) is 3.77. The third-order valence-electron chi connectivity index (χ3n) is 2.70. The monoisotopic (exact) mass is 323 g/mol. The molecule has 1 amide bonds. The van der Waals surface area contributed by atoms with E-state index in [4.69, 9.17) is 9.84 Å². The molecule has 1 aliphatic heterocycles. The number of aliphatic carboxylic acids is 1. The third kappa shape index (κ3) is 3.98. The summed E-state index contributed by atoms with van der Waals surface area (Å²) in [5.41, 5.74) is 0.649. The van der Waals surface area contributed by atoms with Crippen LogP contribution >= 0.6 is 11.8 Å². The number of amides is 1. The van der Waals surface area contributed by atoms with Gasteiger partial charge in [0.2, 0.25) is 5.91 Å². The van der Waals surface area contributed by atoms with Crippen molar-refractivity contribution < 1.29 is 24.5 Å². The van der Waals surface area contributed by atoms with Crippen LogP contribution in [0.1, 0.15) is 12.0 Å². The maximum Gasteiger partial charge on any atom is 0.305 e. The van der Waals surface area contributed by atoms with Crippen LogP contribution in [-0.4, -0.2) is 45.8 Å². The first kappa shape index (κ1) is 15.8. The van der Waals surface area contributed by atoms with Crippen molar-refractivity contribution in [2.75, 3.05) is 7.11 Å². The van der Waals surface area contributed by atoms with E-state index in [1.54, 1.807) is 12.1 Å². The molecule has 3 N–H and O–H groups in total. The van der Waals surface area contributed by atoms with E-state index in [0.29, 0.717) is 11.3 Å². The lowest BCUT2D eigenvalue weighted by Gasteiger charge is -2.02. The number of hydrogen-bond acceptors (Lipinski definition) is 7. The molecule has 0 aliphatic carbocycles. The molecule has 1 aliphatic rings. The molecule has 1 aromatic rings. The zero-order chi connectivity index (χ0) is 16.1. The number of nitrogens with one attached hydrogen (secondary N) is 1. The van der Waals surface area contributed by atoms with Crippen molar-refractivity contribution in [3.05, 3.63) is 23.8 Å². The molecule has 9 heteroatoms. The Morgan fingerprint density at radius 2 is 2.32 bits per heavy atom. The van der Waals surface area contributed by atoms with Gasteiger partial charge < -0.3 is 20.3 Å². The van der Waals surface area contributed by atoms with Crippen molar-refractivity contribution in [1.29, 1.82) is 0 Å². The van der Waals surface area contributed by atoms with Crippen LogP contribution in [0.5, 0.6) is 11.5 Å². The Kier molecular flexibility index (Phi) is 4.99. The van der Waals surface area contributed by atoms with Gasteiger partial charge in [-0.15, -0.1) is 5.10 Å². The number of thioether (sulfide) groups is 1. The fourth-order valence-electron chi connectivity index (χ4n) is 1.67. The molecule has 22 heavy (non-hydrogen) atoms. The summed E-state index contributed by atoms with van der Waals surface area (Å²) in [6.45, 7) is 0. The number of carbonyl (C=O) groups is 2. The number of carboxylic acids is 1. The SMILES string of the molecule is COc1cc(/C=N\N=C2NC(=O)[C@H](CC(=O)O)S2)ccc1O. The molecule has 1 aromatic carbocycles. The Hall–Kier alpha value is -2.55. The number of rotatable bonds is 5. The van der Waals surface area contributed by atoms with E-state index in [1.165, 1.54) is 19.4 Å². The van der Waals surface area contributed by atoms with Gasteiger partial charge in [0.25, 0.3) is 0 Å². The molecular formula is C13H13N3O5S. The van der Waals surface area contributed by atoms with Gasteiger partial charge >= 0.3 is 5.97 Å². The second-order valence-corrected chi connectivity index (χ2v) is 5.47. The van der Waals surface area contributed by atoms with Crippen LogP contribution in [0.2, 0.25) is 0 Å². The van der Waals surface area contributed by atoms with Crippen LogP contribution in [0.15, 0.2) is 28.4 Å². The van der Waals surface area contributed by atoms with Crippen molar-refractivity contribution >= 4 is 35.0 Å². The first-order chi connectivity index (χ1) is 10.5. The summed E-state index contributed by atoms with van der Waals surface area (Å²) in [5.74, 6) is -1.12. The van der Waals surface area contributed by atoms with E-state index in [1.807, 2.05) is 0 Å². The highest BCUT2D eigenvalue weighted by Gasteiger charge is 2.32. The van der Waals surface area contributed by atoms with E-state index in [9.17, 15) is 14.7 Å². The molecule has 8 nitrogen and oxygen atoms in total. The van der Waals surface area contributed by atoms with Gasteiger partial charge in [-0.1, -0.05) is 11.8 Å². The Morgan fingerprint density at radius 1 is 1.55 bits per heavy atom. The minimum Gasteiger partial charge on any atom is -0.504 e. The van der Waals surface area contributed by atoms with Crippen molar-refractivity contribution in [2.45, 2.75) is 11.7 Å². The molecule has 0 radical (unpaired) electrons. The van der Waals surface area contributed by atoms with E-state index in [2.05, 4.69) is 15.5 Å². The van der Waals surface area contributed by atoms with Gasteiger partial charge in [-0.2, -0.15) is 5.10 Å². The topological polar surface area (TPSA) is 121 Å². The van der Waals surface area contributed by atoms with Crippen LogP contribution < -0.4 is 10.1 Å². The van der Waals surface area contributed by atoms with Gasteiger partial charge in [0.05, 0.1) is 19.7 Å². The largest absolute Gasteiger partial charge is 0.504 e. The van der Waals surface area contributed by atoms with Crippen LogP contribution in [0, 0.1) is 0 Å². The molecule has 0 bridgehead atoms. The van der Waals surface area contributed by atoms with E-state index in [0.717, 1.165) is 11.8 Å². The average molecular weight is 323 g/mol. The highest BCUT2D eigenvalue weighted by molar-refractivity contribution is 8.15. The van der Waals surface area contributed by atoms with Crippen molar-refractivity contribution in [3.8, 4) is 11.5 Å². The van der Waals surface area contributed by atoms with E-state index < -0.39 is 17.1 Å².